The molecule has 5 heteroatoms. The fourth-order valence-corrected chi connectivity index (χ4v) is 4.70. The van der Waals surface area contributed by atoms with E-state index in [-0.39, 0.29) is 11.2 Å². The largest absolute Gasteiger partial charge is 0.497 e. The Hall–Kier alpha value is -1.33. The van der Waals surface area contributed by atoms with Crippen molar-refractivity contribution >= 4 is 25.8 Å². The van der Waals surface area contributed by atoms with Crippen LogP contribution in [0.15, 0.2) is 57.9 Å². The molecule has 1 saturated carbocycles. The maximum Gasteiger partial charge on any atom is 0.181 e. The number of rotatable bonds is 4. The van der Waals surface area contributed by atoms with Crippen molar-refractivity contribution in [2.24, 2.45) is 0 Å². The van der Waals surface area contributed by atoms with Gasteiger partial charge in [-0.2, -0.15) is 0 Å². The fraction of sp³-hybridized carbons (Fsp3) is 0.250. The van der Waals surface area contributed by atoms with Gasteiger partial charge in [0.1, 0.15) is 5.75 Å². The number of hydrogen-bond donors (Lipinski definition) is 0. The number of halogens is 1. The Morgan fingerprint density at radius 3 is 2.24 bits per heavy atom. The van der Waals surface area contributed by atoms with Crippen molar-refractivity contribution in [1.82, 2.24) is 0 Å². The summed E-state index contributed by atoms with van der Waals surface area (Å²) < 4.78 is 31.3. The SMILES string of the molecule is COc1ccc(S(=O)(=O)C2C[C@@H]2c2ccc(Br)cc2)cc1. The summed E-state index contributed by atoms with van der Waals surface area (Å²) in [4.78, 5) is 0.368. The summed E-state index contributed by atoms with van der Waals surface area (Å²) in [6.07, 6.45) is 0.690. The first kappa shape index (κ1) is 14.6. The zero-order chi connectivity index (χ0) is 15.0. The molecule has 1 aliphatic carbocycles. The predicted molar refractivity (Wildman–Crippen MR) is 85.5 cm³/mol. The molecule has 0 aliphatic heterocycles. The molecule has 0 N–H and O–H groups in total. The third-order valence-electron chi connectivity index (χ3n) is 3.82. The first-order chi connectivity index (χ1) is 10.0. The van der Waals surface area contributed by atoms with Crippen LogP contribution in [-0.4, -0.2) is 20.8 Å². The van der Waals surface area contributed by atoms with Crippen LogP contribution in [0, 0.1) is 0 Å². The van der Waals surface area contributed by atoms with E-state index in [4.69, 9.17) is 4.74 Å². The summed E-state index contributed by atoms with van der Waals surface area (Å²) >= 11 is 3.39. The fourth-order valence-electron chi connectivity index (χ4n) is 2.52. The van der Waals surface area contributed by atoms with Crippen LogP contribution in [0.1, 0.15) is 17.9 Å². The van der Waals surface area contributed by atoms with Gasteiger partial charge < -0.3 is 4.74 Å². The highest BCUT2D eigenvalue weighted by molar-refractivity contribution is 9.10. The van der Waals surface area contributed by atoms with Gasteiger partial charge in [0, 0.05) is 10.4 Å². The van der Waals surface area contributed by atoms with E-state index in [1.807, 2.05) is 24.3 Å². The molecule has 3 nitrogen and oxygen atoms in total. The normalized spacial score (nSPS) is 21.0. The highest BCUT2D eigenvalue weighted by atomic mass is 79.9. The summed E-state index contributed by atoms with van der Waals surface area (Å²) in [5.41, 5.74) is 1.08. The molecule has 2 atom stereocenters. The van der Waals surface area contributed by atoms with Gasteiger partial charge in [0.05, 0.1) is 17.3 Å². The average molecular weight is 367 g/mol. The summed E-state index contributed by atoms with van der Waals surface area (Å²) in [7, 11) is -1.70. The molecule has 21 heavy (non-hydrogen) atoms. The van der Waals surface area contributed by atoms with Gasteiger partial charge in [0.2, 0.25) is 0 Å². The molecule has 2 aromatic rings. The Kier molecular flexibility index (Phi) is 3.80. The Bertz CT molecular complexity index is 736. The van der Waals surface area contributed by atoms with Crippen LogP contribution in [-0.2, 0) is 9.84 Å². The second-order valence-corrected chi connectivity index (χ2v) is 8.24. The van der Waals surface area contributed by atoms with E-state index in [1.165, 1.54) is 0 Å². The lowest BCUT2D eigenvalue weighted by Gasteiger charge is -2.06. The lowest BCUT2D eigenvalue weighted by molar-refractivity contribution is 0.414. The van der Waals surface area contributed by atoms with Crippen molar-refractivity contribution in [2.75, 3.05) is 7.11 Å². The minimum Gasteiger partial charge on any atom is -0.497 e. The van der Waals surface area contributed by atoms with Gasteiger partial charge >= 0.3 is 0 Å². The maximum atomic E-state index is 12.6. The Morgan fingerprint density at radius 1 is 1.05 bits per heavy atom. The van der Waals surface area contributed by atoms with E-state index in [9.17, 15) is 8.42 Å². The van der Waals surface area contributed by atoms with Gasteiger partial charge in [-0.3, -0.25) is 0 Å². The quantitative estimate of drug-likeness (QED) is 0.826. The molecule has 1 unspecified atom stereocenters. The molecule has 1 aliphatic rings. The molecule has 0 heterocycles. The number of ether oxygens (including phenoxy) is 1. The van der Waals surface area contributed by atoms with Crippen molar-refractivity contribution in [2.45, 2.75) is 22.5 Å². The predicted octanol–water partition coefficient (Wildman–Crippen LogP) is 3.79. The molecule has 0 aromatic heterocycles. The number of benzene rings is 2. The average Bonchev–Trinajstić information content (AvgIpc) is 3.29. The van der Waals surface area contributed by atoms with Crippen LogP contribution >= 0.6 is 15.9 Å². The zero-order valence-corrected chi connectivity index (χ0v) is 13.9. The van der Waals surface area contributed by atoms with Gasteiger partial charge in [-0.25, -0.2) is 8.42 Å². The van der Waals surface area contributed by atoms with Gasteiger partial charge in [-0.15, -0.1) is 0 Å². The van der Waals surface area contributed by atoms with E-state index < -0.39 is 9.84 Å². The minimum atomic E-state index is -3.27. The van der Waals surface area contributed by atoms with Crippen molar-refractivity contribution < 1.29 is 13.2 Å². The third-order valence-corrected chi connectivity index (χ3v) is 6.59. The molecule has 3 rings (SSSR count). The monoisotopic (exact) mass is 366 g/mol. The van der Waals surface area contributed by atoms with Crippen LogP contribution in [0.5, 0.6) is 5.75 Å². The lowest BCUT2D eigenvalue weighted by atomic mass is 10.1. The van der Waals surface area contributed by atoms with Gasteiger partial charge in [-0.05, 0) is 48.4 Å². The molecule has 2 aromatic carbocycles. The molecule has 0 saturated heterocycles. The van der Waals surface area contributed by atoms with E-state index >= 15 is 0 Å². The Balaban J connectivity index is 1.82. The number of sulfone groups is 1. The van der Waals surface area contributed by atoms with Gasteiger partial charge in [0.25, 0.3) is 0 Å². The standard InChI is InChI=1S/C16H15BrO3S/c1-20-13-6-8-14(9-7-13)21(18,19)16-10-15(16)11-2-4-12(17)5-3-11/h2-9,15-16H,10H2,1H3/t15-,16?/m1/s1. The summed E-state index contributed by atoms with van der Waals surface area (Å²) in [5, 5.41) is -0.313. The van der Waals surface area contributed by atoms with Crippen molar-refractivity contribution in [3.8, 4) is 5.75 Å². The molecule has 110 valence electrons. The summed E-state index contributed by atoms with van der Waals surface area (Å²) in [6.45, 7) is 0. The van der Waals surface area contributed by atoms with Gasteiger partial charge in [0.15, 0.2) is 9.84 Å². The van der Waals surface area contributed by atoms with Gasteiger partial charge in [-0.1, -0.05) is 28.1 Å². The van der Waals surface area contributed by atoms with Crippen LogP contribution in [0.2, 0.25) is 0 Å². The van der Waals surface area contributed by atoms with Crippen molar-refractivity contribution in [3.05, 3.63) is 58.6 Å². The lowest BCUT2D eigenvalue weighted by Crippen LogP contribution is -2.09. The minimum absolute atomic E-state index is 0.102. The zero-order valence-electron chi connectivity index (χ0n) is 11.5. The molecule has 0 spiro atoms. The molecule has 0 radical (unpaired) electrons. The van der Waals surface area contributed by atoms with Crippen LogP contribution in [0.25, 0.3) is 0 Å². The van der Waals surface area contributed by atoms with E-state index in [2.05, 4.69) is 15.9 Å². The van der Waals surface area contributed by atoms with Crippen LogP contribution < -0.4 is 4.74 Å². The first-order valence-electron chi connectivity index (χ1n) is 6.66. The Labute approximate surface area is 133 Å². The smallest absolute Gasteiger partial charge is 0.181 e. The third kappa shape index (κ3) is 2.85. The van der Waals surface area contributed by atoms with Crippen molar-refractivity contribution in [3.63, 3.8) is 0 Å². The van der Waals surface area contributed by atoms with Crippen LogP contribution in [0.3, 0.4) is 0 Å². The molecule has 1 fully saturated rings. The van der Waals surface area contributed by atoms with E-state index in [0.717, 1.165) is 10.0 Å². The first-order valence-corrected chi connectivity index (χ1v) is 9.00. The summed E-state index contributed by atoms with van der Waals surface area (Å²) in [6, 6.07) is 14.5. The van der Waals surface area contributed by atoms with E-state index in [1.54, 1.807) is 31.4 Å². The Morgan fingerprint density at radius 2 is 1.67 bits per heavy atom. The topological polar surface area (TPSA) is 43.4 Å². The highest BCUT2D eigenvalue weighted by Gasteiger charge is 2.48. The summed E-state index contributed by atoms with van der Waals surface area (Å²) in [5.74, 6) is 0.763. The van der Waals surface area contributed by atoms with E-state index in [0.29, 0.717) is 17.1 Å². The molecular formula is C16H15BrO3S. The van der Waals surface area contributed by atoms with Crippen LogP contribution in [0.4, 0.5) is 0 Å². The highest BCUT2D eigenvalue weighted by Crippen LogP contribution is 2.48. The second kappa shape index (κ2) is 5.46. The van der Waals surface area contributed by atoms with Crippen molar-refractivity contribution in [1.29, 1.82) is 0 Å². The molecular weight excluding hydrogens is 352 g/mol. The molecule has 0 bridgehead atoms. The second-order valence-electron chi connectivity index (χ2n) is 5.15. The molecule has 0 amide bonds. The number of hydrogen-bond acceptors (Lipinski definition) is 3. The number of methoxy groups -OCH3 is 1. The maximum absolute atomic E-state index is 12.6.